The Morgan fingerprint density at radius 2 is 2.23 bits per heavy atom. The lowest BCUT2D eigenvalue weighted by molar-refractivity contribution is 0.237. The summed E-state index contributed by atoms with van der Waals surface area (Å²) in [5.74, 6) is -0.374. The van der Waals surface area contributed by atoms with Crippen molar-refractivity contribution in [1.29, 1.82) is 0 Å². The van der Waals surface area contributed by atoms with Gasteiger partial charge in [0.05, 0.1) is 11.7 Å². The van der Waals surface area contributed by atoms with Crippen molar-refractivity contribution in [3.63, 3.8) is 0 Å². The second-order valence-electron chi connectivity index (χ2n) is 5.09. The lowest BCUT2D eigenvalue weighted by Crippen LogP contribution is -2.37. The van der Waals surface area contributed by atoms with Gasteiger partial charge in [0.25, 0.3) is 0 Å². The van der Waals surface area contributed by atoms with E-state index < -0.39 is 0 Å². The average molecular weight is 305 g/mol. The Balaban J connectivity index is 1.87. The number of carbonyl (C=O) groups is 1. The van der Waals surface area contributed by atoms with Crippen LogP contribution >= 0.6 is 0 Å². The molecule has 7 heteroatoms. The number of aryl methyl sites for hydroxylation is 1. The molecule has 4 N–H and O–H groups in total. The van der Waals surface area contributed by atoms with E-state index in [2.05, 4.69) is 15.7 Å². The number of benzene rings is 1. The second kappa shape index (κ2) is 7.04. The molecular weight excluding hydrogens is 285 g/mol. The highest BCUT2D eigenvalue weighted by Crippen LogP contribution is 2.11. The standard InChI is InChI=1S/C15H20FN5O/c1-10(14-5-6-21(2)20-14)19-15(22)18-9-12-4-3-11(8-17)7-13(12)16/h3-7,10H,8-9,17H2,1-2H3,(H2,18,19,22). The van der Waals surface area contributed by atoms with Gasteiger partial charge in [0, 0.05) is 31.9 Å². The van der Waals surface area contributed by atoms with Crippen LogP contribution in [0, 0.1) is 5.82 Å². The summed E-state index contributed by atoms with van der Waals surface area (Å²) in [6, 6.07) is 5.97. The summed E-state index contributed by atoms with van der Waals surface area (Å²) in [5.41, 5.74) is 7.34. The SMILES string of the molecule is CC(NC(=O)NCc1ccc(CN)cc1F)c1ccn(C)n1. The van der Waals surface area contributed by atoms with E-state index in [-0.39, 0.29) is 31.0 Å². The van der Waals surface area contributed by atoms with Crippen LogP contribution in [-0.4, -0.2) is 15.8 Å². The van der Waals surface area contributed by atoms with E-state index in [4.69, 9.17) is 5.73 Å². The number of aromatic nitrogens is 2. The molecule has 22 heavy (non-hydrogen) atoms. The molecule has 1 heterocycles. The zero-order valence-corrected chi connectivity index (χ0v) is 12.6. The van der Waals surface area contributed by atoms with E-state index in [1.807, 2.05) is 20.0 Å². The number of nitrogens with zero attached hydrogens (tertiary/aromatic N) is 2. The van der Waals surface area contributed by atoms with E-state index in [0.29, 0.717) is 5.56 Å². The molecule has 1 aromatic heterocycles. The number of rotatable bonds is 5. The molecule has 1 aromatic carbocycles. The Labute approximate surface area is 128 Å². The molecular formula is C15H20FN5O. The second-order valence-corrected chi connectivity index (χ2v) is 5.09. The molecule has 0 spiro atoms. The van der Waals surface area contributed by atoms with Crippen molar-refractivity contribution in [3.8, 4) is 0 Å². The van der Waals surface area contributed by atoms with Gasteiger partial charge in [-0.2, -0.15) is 5.10 Å². The number of amides is 2. The van der Waals surface area contributed by atoms with Crippen LogP contribution in [0.3, 0.4) is 0 Å². The number of nitrogens with two attached hydrogens (primary N) is 1. The molecule has 0 aliphatic rings. The van der Waals surface area contributed by atoms with Crippen molar-refractivity contribution in [1.82, 2.24) is 20.4 Å². The zero-order chi connectivity index (χ0) is 16.1. The molecule has 0 aliphatic carbocycles. The zero-order valence-electron chi connectivity index (χ0n) is 12.6. The Hall–Kier alpha value is -2.41. The quantitative estimate of drug-likeness (QED) is 0.784. The number of carbonyl (C=O) groups excluding carboxylic acids is 1. The van der Waals surface area contributed by atoms with Crippen molar-refractivity contribution in [2.24, 2.45) is 12.8 Å². The average Bonchev–Trinajstić information content (AvgIpc) is 2.92. The van der Waals surface area contributed by atoms with Crippen LogP contribution in [-0.2, 0) is 20.1 Å². The molecule has 0 saturated heterocycles. The molecule has 0 aliphatic heterocycles. The third kappa shape index (κ3) is 4.05. The molecule has 0 radical (unpaired) electrons. The number of halogens is 1. The minimum Gasteiger partial charge on any atom is -0.334 e. The predicted molar refractivity (Wildman–Crippen MR) is 81.3 cm³/mol. The van der Waals surface area contributed by atoms with Gasteiger partial charge in [0.15, 0.2) is 0 Å². The third-order valence-electron chi connectivity index (χ3n) is 3.32. The lowest BCUT2D eigenvalue weighted by Gasteiger charge is -2.13. The highest BCUT2D eigenvalue weighted by molar-refractivity contribution is 5.74. The van der Waals surface area contributed by atoms with Gasteiger partial charge < -0.3 is 16.4 Å². The summed E-state index contributed by atoms with van der Waals surface area (Å²) in [4.78, 5) is 11.8. The maximum atomic E-state index is 13.8. The highest BCUT2D eigenvalue weighted by atomic mass is 19.1. The Bertz CT molecular complexity index is 655. The van der Waals surface area contributed by atoms with Crippen LogP contribution in [0.1, 0.15) is 29.8 Å². The molecule has 0 bridgehead atoms. The first-order valence-electron chi connectivity index (χ1n) is 7.01. The highest BCUT2D eigenvalue weighted by Gasteiger charge is 2.12. The molecule has 1 atom stereocenters. The minimum atomic E-state index is -0.375. The van der Waals surface area contributed by atoms with Gasteiger partial charge in [-0.05, 0) is 24.6 Å². The van der Waals surface area contributed by atoms with Crippen molar-refractivity contribution in [3.05, 3.63) is 53.1 Å². The van der Waals surface area contributed by atoms with Crippen LogP contribution in [0.25, 0.3) is 0 Å². The first-order chi connectivity index (χ1) is 10.5. The van der Waals surface area contributed by atoms with Crippen LogP contribution in [0.4, 0.5) is 9.18 Å². The summed E-state index contributed by atoms with van der Waals surface area (Å²) in [6.07, 6.45) is 1.81. The monoisotopic (exact) mass is 305 g/mol. The molecule has 2 amide bonds. The lowest BCUT2D eigenvalue weighted by atomic mass is 10.1. The van der Waals surface area contributed by atoms with Crippen LogP contribution in [0.2, 0.25) is 0 Å². The molecule has 0 saturated carbocycles. The van der Waals surface area contributed by atoms with Gasteiger partial charge in [0.2, 0.25) is 0 Å². The smallest absolute Gasteiger partial charge is 0.315 e. The maximum absolute atomic E-state index is 13.8. The Kier molecular flexibility index (Phi) is 5.11. The molecule has 118 valence electrons. The van der Waals surface area contributed by atoms with E-state index in [0.717, 1.165) is 11.3 Å². The normalized spacial score (nSPS) is 12.0. The number of hydrogen-bond donors (Lipinski definition) is 3. The molecule has 2 rings (SSSR count). The van der Waals surface area contributed by atoms with Crippen LogP contribution in [0.5, 0.6) is 0 Å². The summed E-state index contributed by atoms with van der Waals surface area (Å²) in [6.45, 7) is 2.22. The fourth-order valence-corrected chi connectivity index (χ4v) is 2.02. The van der Waals surface area contributed by atoms with Gasteiger partial charge in [-0.15, -0.1) is 0 Å². The largest absolute Gasteiger partial charge is 0.334 e. The van der Waals surface area contributed by atoms with Crippen molar-refractivity contribution >= 4 is 6.03 Å². The van der Waals surface area contributed by atoms with Gasteiger partial charge in [-0.3, -0.25) is 4.68 Å². The molecule has 6 nitrogen and oxygen atoms in total. The molecule has 1 unspecified atom stereocenters. The van der Waals surface area contributed by atoms with E-state index >= 15 is 0 Å². The summed E-state index contributed by atoms with van der Waals surface area (Å²) < 4.78 is 15.4. The van der Waals surface area contributed by atoms with E-state index in [1.165, 1.54) is 6.07 Å². The van der Waals surface area contributed by atoms with Crippen molar-refractivity contribution in [2.45, 2.75) is 26.1 Å². The Morgan fingerprint density at radius 3 is 2.82 bits per heavy atom. The van der Waals surface area contributed by atoms with Crippen molar-refractivity contribution < 1.29 is 9.18 Å². The number of urea groups is 1. The van der Waals surface area contributed by atoms with Gasteiger partial charge in [-0.25, -0.2) is 9.18 Å². The fraction of sp³-hybridized carbons (Fsp3) is 0.333. The fourth-order valence-electron chi connectivity index (χ4n) is 2.02. The molecule has 0 fully saturated rings. The Morgan fingerprint density at radius 1 is 1.45 bits per heavy atom. The summed E-state index contributed by atoms with van der Waals surface area (Å²) in [7, 11) is 1.81. The number of hydrogen-bond acceptors (Lipinski definition) is 3. The minimum absolute atomic E-state index is 0.109. The predicted octanol–water partition coefficient (Wildman–Crippen LogP) is 1.58. The summed E-state index contributed by atoms with van der Waals surface area (Å²) >= 11 is 0. The molecule has 2 aromatic rings. The van der Waals surface area contributed by atoms with Gasteiger partial charge >= 0.3 is 6.03 Å². The topological polar surface area (TPSA) is 85.0 Å². The van der Waals surface area contributed by atoms with E-state index in [1.54, 1.807) is 23.0 Å². The first-order valence-corrected chi connectivity index (χ1v) is 7.01. The van der Waals surface area contributed by atoms with Gasteiger partial charge in [-0.1, -0.05) is 12.1 Å². The summed E-state index contributed by atoms with van der Waals surface area (Å²) in [5, 5.41) is 9.60. The number of nitrogens with one attached hydrogen (secondary N) is 2. The van der Waals surface area contributed by atoms with Crippen LogP contribution < -0.4 is 16.4 Å². The maximum Gasteiger partial charge on any atom is 0.315 e. The first kappa shape index (κ1) is 16.0. The third-order valence-corrected chi connectivity index (χ3v) is 3.32. The van der Waals surface area contributed by atoms with Crippen molar-refractivity contribution in [2.75, 3.05) is 0 Å². The van der Waals surface area contributed by atoms with E-state index in [9.17, 15) is 9.18 Å². The van der Waals surface area contributed by atoms with Gasteiger partial charge in [0.1, 0.15) is 5.82 Å². The van der Waals surface area contributed by atoms with Crippen LogP contribution in [0.15, 0.2) is 30.5 Å².